The minimum Gasteiger partial charge on any atom is -0.389 e. The molecule has 7 heteroatoms. The minimum absolute atomic E-state index is 0.106. The van der Waals surface area contributed by atoms with Gasteiger partial charge in [0, 0.05) is 38.7 Å². The van der Waals surface area contributed by atoms with Gasteiger partial charge in [0.15, 0.2) is 0 Å². The van der Waals surface area contributed by atoms with Gasteiger partial charge >= 0.3 is 0 Å². The lowest BCUT2D eigenvalue weighted by molar-refractivity contribution is 0.0380. The number of amides is 1. The summed E-state index contributed by atoms with van der Waals surface area (Å²) in [5.74, 6) is -0.915. The van der Waals surface area contributed by atoms with E-state index in [-0.39, 0.29) is 30.3 Å². The summed E-state index contributed by atoms with van der Waals surface area (Å²) in [5.41, 5.74) is 0.476. The Morgan fingerprint density at radius 1 is 1.55 bits per heavy atom. The predicted octanol–water partition coefficient (Wildman–Crippen LogP) is 1.09. The fourth-order valence-electron chi connectivity index (χ4n) is 2.10. The number of hydrogen-bond donors (Lipinski definition) is 1. The van der Waals surface area contributed by atoms with Gasteiger partial charge in [0.1, 0.15) is 11.5 Å². The standard InChI is InChI=1S/C15H18FN3O3/c1-18(9-12(20)10-22-2)15(21)11-4-5-14(13(16)8-11)19-7-3-6-17-19/h3-8,12,20H,9-10H2,1-2H3. The molecule has 1 aromatic carbocycles. The van der Waals surface area contributed by atoms with E-state index in [2.05, 4.69) is 5.10 Å². The third-order valence-electron chi connectivity index (χ3n) is 3.14. The molecule has 1 unspecified atom stereocenters. The first-order chi connectivity index (χ1) is 10.5. The van der Waals surface area contributed by atoms with Gasteiger partial charge in [0.2, 0.25) is 0 Å². The highest BCUT2D eigenvalue weighted by Gasteiger charge is 2.17. The molecule has 118 valence electrons. The lowest BCUT2D eigenvalue weighted by Gasteiger charge is -2.20. The van der Waals surface area contributed by atoms with Crippen molar-refractivity contribution in [2.24, 2.45) is 0 Å². The van der Waals surface area contributed by atoms with Crippen LogP contribution in [-0.4, -0.2) is 59.1 Å². The number of rotatable bonds is 6. The van der Waals surface area contributed by atoms with E-state index in [1.54, 1.807) is 25.5 Å². The van der Waals surface area contributed by atoms with Crippen LogP contribution >= 0.6 is 0 Å². The summed E-state index contributed by atoms with van der Waals surface area (Å²) in [6.07, 6.45) is 2.38. The largest absolute Gasteiger partial charge is 0.389 e. The summed E-state index contributed by atoms with van der Waals surface area (Å²) in [5, 5.41) is 13.6. The Hall–Kier alpha value is -2.25. The van der Waals surface area contributed by atoms with Crippen LogP contribution < -0.4 is 0 Å². The molecule has 22 heavy (non-hydrogen) atoms. The number of benzene rings is 1. The van der Waals surface area contributed by atoms with Crippen molar-refractivity contribution in [3.8, 4) is 5.69 Å². The van der Waals surface area contributed by atoms with Crippen molar-refractivity contribution in [3.05, 3.63) is 48.0 Å². The number of halogens is 1. The molecule has 2 aromatic rings. The molecular formula is C15H18FN3O3. The van der Waals surface area contributed by atoms with Crippen molar-refractivity contribution >= 4 is 5.91 Å². The SMILES string of the molecule is COCC(O)CN(C)C(=O)c1ccc(-n2cccn2)c(F)c1. The average molecular weight is 307 g/mol. The lowest BCUT2D eigenvalue weighted by Crippen LogP contribution is -2.36. The monoisotopic (exact) mass is 307 g/mol. The maximum absolute atomic E-state index is 14.1. The molecule has 0 aliphatic rings. The molecule has 1 aromatic heterocycles. The lowest BCUT2D eigenvalue weighted by atomic mass is 10.1. The molecule has 1 amide bonds. The van der Waals surface area contributed by atoms with Gasteiger partial charge in [-0.3, -0.25) is 4.79 Å². The second kappa shape index (κ2) is 7.15. The van der Waals surface area contributed by atoms with Crippen LogP contribution in [0.3, 0.4) is 0 Å². The van der Waals surface area contributed by atoms with E-state index >= 15 is 0 Å². The van der Waals surface area contributed by atoms with Crippen molar-refractivity contribution in [1.29, 1.82) is 0 Å². The van der Waals surface area contributed by atoms with E-state index in [4.69, 9.17) is 4.74 Å². The highest BCUT2D eigenvalue weighted by atomic mass is 19.1. The van der Waals surface area contributed by atoms with Gasteiger partial charge in [-0.25, -0.2) is 9.07 Å². The zero-order chi connectivity index (χ0) is 16.1. The number of aliphatic hydroxyl groups excluding tert-OH is 1. The zero-order valence-electron chi connectivity index (χ0n) is 12.4. The quantitative estimate of drug-likeness (QED) is 0.867. The van der Waals surface area contributed by atoms with Crippen LogP contribution in [0.15, 0.2) is 36.7 Å². The Kier molecular flexibility index (Phi) is 5.24. The Morgan fingerprint density at radius 3 is 2.91 bits per heavy atom. The fraction of sp³-hybridized carbons (Fsp3) is 0.333. The van der Waals surface area contributed by atoms with Crippen molar-refractivity contribution in [2.75, 3.05) is 27.3 Å². The van der Waals surface area contributed by atoms with Gasteiger partial charge in [0.05, 0.1) is 12.7 Å². The molecule has 0 fully saturated rings. The van der Waals surface area contributed by atoms with Gasteiger partial charge in [-0.2, -0.15) is 5.10 Å². The first-order valence-corrected chi connectivity index (χ1v) is 6.75. The van der Waals surface area contributed by atoms with E-state index in [1.165, 1.54) is 34.9 Å². The smallest absolute Gasteiger partial charge is 0.253 e. The molecule has 0 spiro atoms. The fourth-order valence-corrected chi connectivity index (χ4v) is 2.10. The molecule has 2 rings (SSSR count). The summed E-state index contributed by atoms with van der Waals surface area (Å²) in [7, 11) is 3.01. The Morgan fingerprint density at radius 2 is 2.32 bits per heavy atom. The second-order valence-corrected chi connectivity index (χ2v) is 4.91. The predicted molar refractivity (Wildman–Crippen MR) is 78.4 cm³/mol. The molecule has 0 saturated carbocycles. The third-order valence-corrected chi connectivity index (χ3v) is 3.14. The van der Waals surface area contributed by atoms with Gasteiger partial charge in [-0.05, 0) is 24.3 Å². The molecule has 0 bridgehead atoms. The number of aromatic nitrogens is 2. The molecule has 1 N–H and O–H groups in total. The van der Waals surface area contributed by atoms with Gasteiger partial charge in [0.25, 0.3) is 5.91 Å². The van der Waals surface area contributed by atoms with Crippen molar-refractivity contribution in [3.63, 3.8) is 0 Å². The topological polar surface area (TPSA) is 67.6 Å². The molecule has 0 aliphatic carbocycles. The summed E-state index contributed by atoms with van der Waals surface area (Å²) in [4.78, 5) is 13.5. The highest BCUT2D eigenvalue weighted by Crippen LogP contribution is 2.15. The van der Waals surface area contributed by atoms with Crippen molar-refractivity contribution in [2.45, 2.75) is 6.10 Å². The Bertz CT molecular complexity index is 631. The number of ether oxygens (including phenoxy) is 1. The molecule has 0 saturated heterocycles. The van der Waals surface area contributed by atoms with Crippen LogP contribution in [0.2, 0.25) is 0 Å². The second-order valence-electron chi connectivity index (χ2n) is 4.91. The summed E-state index contributed by atoms with van der Waals surface area (Å²) >= 11 is 0. The van der Waals surface area contributed by atoms with Crippen molar-refractivity contribution in [1.82, 2.24) is 14.7 Å². The Balaban J connectivity index is 2.12. The maximum atomic E-state index is 14.1. The first-order valence-electron chi connectivity index (χ1n) is 6.75. The number of carbonyl (C=O) groups is 1. The first kappa shape index (κ1) is 16.1. The van der Waals surface area contributed by atoms with Crippen molar-refractivity contribution < 1.29 is 19.0 Å². The van der Waals surface area contributed by atoms with Crippen LogP contribution in [-0.2, 0) is 4.74 Å². The number of nitrogens with zero attached hydrogens (tertiary/aromatic N) is 3. The summed E-state index contributed by atoms with van der Waals surface area (Å²) in [6, 6.07) is 5.87. The van der Waals surface area contributed by atoms with Gasteiger partial charge in [-0.15, -0.1) is 0 Å². The van der Waals surface area contributed by atoms with Crippen LogP contribution in [0.1, 0.15) is 10.4 Å². The number of likely N-dealkylation sites (N-methyl/N-ethyl adjacent to an activating group) is 1. The number of methoxy groups -OCH3 is 1. The van der Waals surface area contributed by atoms with E-state index in [0.717, 1.165) is 0 Å². The van der Waals surface area contributed by atoms with Crippen LogP contribution in [0.5, 0.6) is 0 Å². The normalized spacial score (nSPS) is 12.2. The van der Waals surface area contributed by atoms with E-state index in [1.807, 2.05) is 0 Å². The molecule has 6 nitrogen and oxygen atoms in total. The summed E-state index contributed by atoms with van der Waals surface area (Å²) in [6.45, 7) is 0.236. The number of carbonyl (C=O) groups excluding carboxylic acids is 1. The van der Waals surface area contributed by atoms with Gasteiger partial charge in [-0.1, -0.05) is 0 Å². The van der Waals surface area contributed by atoms with Crippen LogP contribution in [0.4, 0.5) is 4.39 Å². The van der Waals surface area contributed by atoms with E-state index in [9.17, 15) is 14.3 Å². The van der Waals surface area contributed by atoms with E-state index < -0.39 is 11.9 Å². The van der Waals surface area contributed by atoms with Crippen LogP contribution in [0, 0.1) is 5.82 Å². The molecular weight excluding hydrogens is 289 g/mol. The molecule has 1 atom stereocenters. The molecule has 0 aliphatic heterocycles. The zero-order valence-corrected chi connectivity index (χ0v) is 12.4. The third kappa shape index (κ3) is 3.69. The molecule has 1 heterocycles. The van der Waals surface area contributed by atoms with Gasteiger partial charge < -0.3 is 14.7 Å². The summed E-state index contributed by atoms with van der Waals surface area (Å²) < 4.78 is 20.3. The Labute approximate surface area is 127 Å². The number of aliphatic hydroxyl groups is 1. The van der Waals surface area contributed by atoms with E-state index in [0.29, 0.717) is 0 Å². The maximum Gasteiger partial charge on any atom is 0.253 e. The average Bonchev–Trinajstić information content (AvgIpc) is 3.00. The highest BCUT2D eigenvalue weighted by molar-refractivity contribution is 5.94. The number of hydrogen-bond acceptors (Lipinski definition) is 4. The minimum atomic E-state index is -0.785. The van der Waals surface area contributed by atoms with Crippen LogP contribution in [0.25, 0.3) is 5.69 Å². The molecule has 0 radical (unpaired) electrons.